The van der Waals surface area contributed by atoms with Crippen molar-refractivity contribution in [2.75, 3.05) is 18.4 Å². The van der Waals surface area contributed by atoms with Gasteiger partial charge in [0.25, 0.3) is 5.91 Å². The molecule has 1 aliphatic heterocycles. The number of nitrogens with one attached hydrogen (secondary N) is 2. The minimum atomic E-state index is -0.153. The van der Waals surface area contributed by atoms with Gasteiger partial charge in [0.1, 0.15) is 6.26 Å². The van der Waals surface area contributed by atoms with Gasteiger partial charge in [-0.1, -0.05) is 24.3 Å². The van der Waals surface area contributed by atoms with E-state index in [1.165, 1.54) is 30.8 Å². The number of hydrogen-bond acceptors (Lipinski definition) is 6. The lowest BCUT2D eigenvalue weighted by molar-refractivity contribution is -0.121. The molecule has 1 aromatic carbocycles. The van der Waals surface area contributed by atoms with E-state index in [2.05, 4.69) is 15.6 Å². The molecule has 3 heterocycles. The summed E-state index contributed by atoms with van der Waals surface area (Å²) in [5.41, 5.74) is 3.27. The maximum absolute atomic E-state index is 12.7. The molecule has 0 saturated carbocycles. The first-order valence-corrected chi connectivity index (χ1v) is 11.7. The number of thiazole rings is 1. The smallest absolute Gasteiger partial charge is 0.257 e. The van der Waals surface area contributed by atoms with Crippen LogP contribution in [0, 0.1) is 5.92 Å². The molecule has 33 heavy (non-hydrogen) atoms. The molecule has 3 amide bonds. The fourth-order valence-electron chi connectivity index (χ4n) is 3.92. The third kappa shape index (κ3) is 5.48. The number of likely N-dealkylation sites (tertiary alicyclic amines) is 1. The Morgan fingerprint density at radius 2 is 1.88 bits per heavy atom. The second kappa shape index (κ2) is 9.99. The third-order valence-corrected chi connectivity index (χ3v) is 6.54. The molecule has 2 N–H and O–H groups in total. The number of furan rings is 1. The quantitative estimate of drug-likeness (QED) is 0.569. The average molecular weight is 467 g/mol. The number of anilines is 1. The number of piperidine rings is 1. The molecule has 1 unspecified atom stereocenters. The van der Waals surface area contributed by atoms with E-state index in [4.69, 9.17) is 4.42 Å². The first-order chi connectivity index (χ1) is 15.9. The highest BCUT2D eigenvalue weighted by Gasteiger charge is 2.28. The number of carbonyl (C=O) groups is 3. The van der Waals surface area contributed by atoms with Crippen molar-refractivity contribution in [3.05, 3.63) is 59.4 Å². The fraction of sp³-hybridized carbons (Fsp3) is 0.333. The van der Waals surface area contributed by atoms with E-state index in [1.54, 1.807) is 11.0 Å². The topological polar surface area (TPSA) is 105 Å². The van der Waals surface area contributed by atoms with Crippen LogP contribution >= 0.6 is 11.3 Å². The van der Waals surface area contributed by atoms with Crippen LogP contribution in [-0.2, 0) is 9.59 Å². The highest BCUT2D eigenvalue weighted by molar-refractivity contribution is 7.14. The lowest BCUT2D eigenvalue weighted by Gasteiger charge is -2.30. The Labute approximate surface area is 196 Å². The Morgan fingerprint density at radius 3 is 2.52 bits per heavy atom. The lowest BCUT2D eigenvalue weighted by Crippen LogP contribution is -2.41. The maximum Gasteiger partial charge on any atom is 0.257 e. The van der Waals surface area contributed by atoms with Crippen molar-refractivity contribution in [3.63, 3.8) is 0 Å². The minimum absolute atomic E-state index is 0.0641. The third-order valence-electron chi connectivity index (χ3n) is 5.78. The van der Waals surface area contributed by atoms with E-state index in [1.807, 2.05) is 36.6 Å². The Morgan fingerprint density at radius 1 is 1.15 bits per heavy atom. The molecule has 0 bridgehead atoms. The van der Waals surface area contributed by atoms with Crippen LogP contribution in [0.3, 0.4) is 0 Å². The van der Waals surface area contributed by atoms with Crippen LogP contribution in [0.15, 0.2) is 52.7 Å². The number of aromatic nitrogens is 1. The van der Waals surface area contributed by atoms with E-state index in [0.717, 1.165) is 16.8 Å². The normalized spacial score (nSPS) is 15.2. The van der Waals surface area contributed by atoms with Crippen molar-refractivity contribution in [2.24, 2.45) is 5.92 Å². The summed E-state index contributed by atoms with van der Waals surface area (Å²) in [5.74, 6) is -0.350. The van der Waals surface area contributed by atoms with Crippen LogP contribution < -0.4 is 10.6 Å². The van der Waals surface area contributed by atoms with Crippen LogP contribution in [0.2, 0.25) is 0 Å². The molecule has 172 valence electrons. The van der Waals surface area contributed by atoms with Crippen LogP contribution in [0.5, 0.6) is 0 Å². The van der Waals surface area contributed by atoms with Gasteiger partial charge < -0.3 is 20.0 Å². The maximum atomic E-state index is 12.7. The van der Waals surface area contributed by atoms with Gasteiger partial charge in [-0.25, -0.2) is 4.98 Å². The largest absolute Gasteiger partial charge is 0.472 e. The van der Waals surface area contributed by atoms with Gasteiger partial charge >= 0.3 is 0 Å². The summed E-state index contributed by atoms with van der Waals surface area (Å²) in [4.78, 5) is 42.7. The van der Waals surface area contributed by atoms with Gasteiger partial charge in [0.15, 0.2) is 5.13 Å². The average Bonchev–Trinajstić information content (AvgIpc) is 3.51. The van der Waals surface area contributed by atoms with Crippen molar-refractivity contribution in [1.29, 1.82) is 0 Å². The zero-order valence-electron chi connectivity index (χ0n) is 18.5. The Balaban J connectivity index is 1.31. The Hall–Kier alpha value is -3.46. The summed E-state index contributed by atoms with van der Waals surface area (Å²) in [6.07, 6.45) is 4.15. The number of carbonyl (C=O) groups excluding carboxylic acids is 3. The van der Waals surface area contributed by atoms with Gasteiger partial charge in [-0.05, 0) is 31.4 Å². The molecule has 9 heteroatoms. The van der Waals surface area contributed by atoms with Gasteiger partial charge in [0.2, 0.25) is 11.8 Å². The second-order valence-electron chi connectivity index (χ2n) is 8.15. The van der Waals surface area contributed by atoms with Crippen LogP contribution in [-0.4, -0.2) is 40.7 Å². The molecule has 0 radical (unpaired) electrons. The number of rotatable bonds is 6. The van der Waals surface area contributed by atoms with Crippen LogP contribution in [0.1, 0.15) is 48.7 Å². The Bertz CT molecular complexity index is 1120. The van der Waals surface area contributed by atoms with E-state index in [0.29, 0.717) is 36.6 Å². The van der Waals surface area contributed by atoms with E-state index in [-0.39, 0.29) is 29.7 Å². The monoisotopic (exact) mass is 466 g/mol. The molecule has 0 aliphatic carbocycles. The molecule has 3 aromatic rings. The highest BCUT2D eigenvalue weighted by atomic mass is 32.1. The number of benzene rings is 1. The summed E-state index contributed by atoms with van der Waals surface area (Å²) >= 11 is 1.38. The van der Waals surface area contributed by atoms with Gasteiger partial charge in [0, 0.05) is 36.9 Å². The Kier molecular flexibility index (Phi) is 6.88. The zero-order chi connectivity index (χ0) is 23.4. The first kappa shape index (κ1) is 22.7. The molecule has 1 aliphatic rings. The van der Waals surface area contributed by atoms with Crippen molar-refractivity contribution >= 4 is 34.2 Å². The molecule has 0 spiro atoms. The van der Waals surface area contributed by atoms with Gasteiger partial charge in [-0.15, -0.1) is 11.3 Å². The summed E-state index contributed by atoms with van der Waals surface area (Å²) in [7, 11) is 0. The van der Waals surface area contributed by atoms with E-state index < -0.39 is 0 Å². The minimum Gasteiger partial charge on any atom is -0.472 e. The molecule has 4 rings (SSSR count). The summed E-state index contributed by atoms with van der Waals surface area (Å²) in [6, 6.07) is 9.43. The van der Waals surface area contributed by atoms with Crippen LogP contribution in [0.25, 0.3) is 11.3 Å². The summed E-state index contributed by atoms with van der Waals surface area (Å²) < 4.78 is 4.98. The second-order valence-corrected chi connectivity index (χ2v) is 9.01. The molecule has 8 nitrogen and oxygen atoms in total. The van der Waals surface area contributed by atoms with Crippen molar-refractivity contribution in [2.45, 2.75) is 32.7 Å². The molecular weight excluding hydrogens is 440 g/mol. The van der Waals surface area contributed by atoms with E-state index >= 15 is 0 Å². The first-order valence-electron chi connectivity index (χ1n) is 10.9. The standard InChI is InChI=1S/C24H26N4O4S/c1-15(25-16(2)29)17-3-5-18(6-4-17)21-14-33-24(26-21)27-22(30)19-7-10-28(11-8-19)23(31)20-9-12-32-13-20/h3-6,9,12-15,19H,7-8,10-11H2,1-2H3,(H,25,29)(H,26,27,30). The molecular formula is C24H26N4O4S. The molecule has 1 saturated heterocycles. The van der Waals surface area contributed by atoms with E-state index in [9.17, 15) is 14.4 Å². The van der Waals surface area contributed by atoms with Gasteiger partial charge in [-0.3, -0.25) is 14.4 Å². The lowest BCUT2D eigenvalue weighted by atomic mass is 9.95. The van der Waals surface area contributed by atoms with Crippen molar-refractivity contribution < 1.29 is 18.8 Å². The molecule has 1 atom stereocenters. The van der Waals surface area contributed by atoms with Gasteiger partial charge in [-0.2, -0.15) is 0 Å². The predicted octanol–water partition coefficient (Wildman–Crippen LogP) is 4.09. The van der Waals surface area contributed by atoms with Gasteiger partial charge in [0.05, 0.1) is 23.6 Å². The number of hydrogen-bond donors (Lipinski definition) is 2. The van der Waals surface area contributed by atoms with Crippen molar-refractivity contribution in [1.82, 2.24) is 15.2 Å². The molecule has 1 fully saturated rings. The SMILES string of the molecule is CC(=O)NC(C)c1ccc(-c2csc(NC(=O)C3CCN(C(=O)c4ccoc4)CC3)n2)cc1. The zero-order valence-corrected chi connectivity index (χ0v) is 19.4. The number of nitrogens with zero attached hydrogens (tertiary/aromatic N) is 2. The molecule has 2 aromatic heterocycles. The highest BCUT2D eigenvalue weighted by Crippen LogP contribution is 2.28. The number of amides is 3. The summed E-state index contributed by atoms with van der Waals surface area (Å²) in [6.45, 7) is 4.51. The summed E-state index contributed by atoms with van der Waals surface area (Å²) in [5, 5.41) is 8.26. The fourth-order valence-corrected chi connectivity index (χ4v) is 4.64. The van der Waals surface area contributed by atoms with Crippen LogP contribution in [0.4, 0.5) is 5.13 Å². The predicted molar refractivity (Wildman–Crippen MR) is 126 cm³/mol. The van der Waals surface area contributed by atoms with Crippen molar-refractivity contribution in [3.8, 4) is 11.3 Å².